The van der Waals surface area contributed by atoms with Gasteiger partial charge < -0.3 is 4.74 Å². The van der Waals surface area contributed by atoms with Gasteiger partial charge in [0.1, 0.15) is 5.70 Å². The number of hydrogen-bond donors (Lipinski definition) is 1. The van der Waals surface area contributed by atoms with Crippen LogP contribution in [0.3, 0.4) is 0 Å². The molecule has 0 saturated carbocycles. The van der Waals surface area contributed by atoms with E-state index in [9.17, 15) is 14.9 Å². The highest BCUT2D eigenvalue weighted by atomic mass is 16.6. The number of methoxy groups -OCH3 is 1. The van der Waals surface area contributed by atoms with E-state index in [4.69, 9.17) is 4.74 Å². The molecule has 0 fully saturated rings. The van der Waals surface area contributed by atoms with Crippen LogP contribution in [0, 0.1) is 10.1 Å². The second kappa shape index (κ2) is 6.35. The maximum absolute atomic E-state index is 11.0. The predicted octanol–water partition coefficient (Wildman–Crippen LogP) is 2.02. The summed E-state index contributed by atoms with van der Waals surface area (Å²) in [6.07, 6.45) is 1.28. The molecule has 2 amide bonds. The van der Waals surface area contributed by atoms with Crippen LogP contribution in [-0.2, 0) is 0 Å². The summed E-state index contributed by atoms with van der Waals surface area (Å²) >= 11 is 0. The number of ether oxygens (including phenoxy) is 1. The first kappa shape index (κ1) is 15.0. The van der Waals surface area contributed by atoms with E-state index in [0.717, 1.165) is 0 Å². The molecule has 1 N–H and O–H groups in total. The molecule has 1 aromatic rings. The van der Waals surface area contributed by atoms with Gasteiger partial charge in [-0.05, 0) is 12.1 Å². The lowest BCUT2D eigenvalue weighted by Gasteiger charge is -2.06. The second-order valence-corrected chi connectivity index (χ2v) is 3.96. The zero-order chi connectivity index (χ0) is 16.1. The van der Waals surface area contributed by atoms with Gasteiger partial charge in [0.15, 0.2) is 11.6 Å². The van der Waals surface area contributed by atoms with Crippen molar-refractivity contribution in [2.75, 3.05) is 7.11 Å². The standard InChI is InChI=1S/C12H10N6O4/c1-7-11(14-12(19)17-15-7)16-13-6-8-3-4-10(22-2)9(5-8)18(20)21/h3-6H,1H2,2H3,(H,14,16,19)/b13-6+. The van der Waals surface area contributed by atoms with Gasteiger partial charge in [0.25, 0.3) is 0 Å². The van der Waals surface area contributed by atoms with E-state index in [-0.39, 0.29) is 23.0 Å². The molecule has 0 unspecified atom stereocenters. The van der Waals surface area contributed by atoms with Crippen LogP contribution in [0.5, 0.6) is 5.75 Å². The van der Waals surface area contributed by atoms with Gasteiger partial charge in [0, 0.05) is 11.6 Å². The van der Waals surface area contributed by atoms with E-state index in [1.807, 2.05) is 0 Å². The molecule has 0 radical (unpaired) electrons. The predicted molar refractivity (Wildman–Crippen MR) is 77.2 cm³/mol. The van der Waals surface area contributed by atoms with Crippen LogP contribution in [0.4, 0.5) is 10.5 Å². The summed E-state index contributed by atoms with van der Waals surface area (Å²) in [5.74, 6) is 0.195. The normalized spacial score (nSPS) is 16.1. The van der Waals surface area contributed by atoms with E-state index in [0.29, 0.717) is 5.56 Å². The molecular formula is C12H10N6O4. The third-order valence-corrected chi connectivity index (χ3v) is 2.52. The minimum absolute atomic E-state index is 0.0549. The fourth-order valence-electron chi connectivity index (χ4n) is 1.52. The highest BCUT2D eigenvalue weighted by Crippen LogP contribution is 2.26. The molecule has 2 rings (SSSR count). The smallest absolute Gasteiger partial charge is 0.365 e. The fraction of sp³-hybridized carbons (Fsp3) is 0.0833. The van der Waals surface area contributed by atoms with Crippen molar-refractivity contribution < 1.29 is 14.5 Å². The highest BCUT2D eigenvalue weighted by molar-refractivity contribution is 6.08. The SMILES string of the molecule is C=C1N=NC(=O)N/C1=N\N=C\c1ccc(OC)c([N+](=O)[O-])c1. The number of nitro benzene ring substituents is 1. The Hall–Kier alpha value is -3.43. The average molecular weight is 302 g/mol. The Morgan fingerprint density at radius 3 is 2.91 bits per heavy atom. The number of azo groups is 1. The fourth-order valence-corrected chi connectivity index (χ4v) is 1.52. The summed E-state index contributed by atoms with van der Waals surface area (Å²) < 4.78 is 4.89. The lowest BCUT2D eigenvalue weighted by atomic mass is 10.2. The van der Waals surface area contributed by atoms with Gasteiger partial charge in [0.2, 0.25) is 0 Å². The minimum Gasteiger partial charge on any atom is -0.490 e. The molecule has 0 aromatic heterocycles. The van der Waals surface area contributed by atoms with Crippen LogP contribution >= 0.6 is 0 Å². The summed E-state index contributed by atoms with van der Waals surface area (Å²) in [5, 5.41) is 27.4. The number of carbonyl (C=O) groups excluding carboxylic acids is 1. The van der Waals surface area contributed by atoms with Gasteiger partial charge in [-0.2, -0.15) is 5.10 Å². The van der Waals surface area contributed by atoms with E-state index in [1.54, 1.807) is 6.07 Å². The van der Waals surface area contributed by atoms with Gasteiger partial charge in [0.05, 0.1) is 18.2 Å². The maximum atomic E-state index is 11.0. The molecular weight excluding hydrogens is 292 g/mol. The molecule has 1 aliphatic rings. The zero-order valence-corrected chi connectivity index (χ0v) is 11.4. The summed E-state index contributed by atoms with van der Waals surface area (Å²) in [4.78, 5) is 21.3. The quantitative estimate of drug-likeness (QED) is 0.517. The summed E-state index contributed by atoms with van der Waals surface area (Å²) in [5.41, 5.74) is 0.395. The zero-order valence-electron chi connectivity index (χ0n) is 11.4. The number of rotatable bonds is 4. The average Bonchev–Trinajstić information content (AvgIpc) is 2.50. The van der Waals surface area contributed by atoms with Gasteiger partial charge in [-0.3, -0.25) is 15.4 Å². The Kier molecular flexibility index (Phi) is 4.32. The largest absolute Gasteiger partial charge is 0.490 e. The Morgan fingerprint density at radius 1 is 1.45 bits per heavy atom. The molecule has 0 bridgehead atoms. The molecule has 10 nitrogen and oxygen atoms in total. The monoisotopic (exact) mass is 302 g/mol. The van der Waals surface area contributed by atoms with Crippen LogP contribution in [0.25, 0.3) is 0 Å². The maximum Gasteiger partial charge on any atom is 0.365 e. The van der Waals surface area contributed by atoms with Crippen molar-refractivity contribution >= 4 is 23.8 Å². The van der Waals surface area contributed by atoms with E-state index < -0.39 is 11.0 Å². The number of carbonyl (C=O) groups is 1. The lowest BCUT2D eigenvalue weighted by Crippen LogP contribution is -2.31. The highest BCUT2D eigenvalue weighted by Gasteiger charge is 2.15. The van der Waals surface area contributed by atoms with Crippen LogP contribution in [0.2, 0.25) is 0 Å². The van der Waals surface area contributed by atoms with Gasteiger partial charge in [-0.25, -0.2) is 4.79 Å². The van der Waals surface area contributed by atoms with Crippen LogP contribution in [-0.4, -0.2) is 30.1 Å². The molecule has 22 heavy (non-hydrogen) atoms. The van der Waals surface area contributed by atoms with E-state index in [2.05, 4.69) is 32.3 Å². The molecule has 1 aliphatic heterocycles. The van der Waals surface area contributed by atoms with Crippen molar-refractivity contribution in [3.63, 3.8) is 0 Å². The number of amidine groups is 1. The second-order valence-electron chi connectivity index (χ2n) is 3.96. The molecule has 1 aromatic carbocycles. The van der Waals surface area contributed by atoms with E-state index >= 15 is 0 Å². The topological polar surface area (TPSA) is 131 Å². The molecule has 0 spiro atoms. The van der Waals surface area contributed by atoms with Crippen molar-refractivity contribution in [3.8, 4) is 5.75 Å². The molecule has 0 atom stereocenters. The van der Waals surface area contributed by atoms with E-state index in [1.165, 1.54) is 25.5 Å². The first-order chi connectivity index (χ1) is 10.5. The molecule has 0 saturated heterocycles. The molecule has 1 heterocycles. The van der Waals surface area contributed by atoms with Crippen molar-refractivity contribution in [2.45, 2.75) is 0 Å². The minimum atomic E-state index is -0.679. The number of hydrogen-bond acceptors (Lipinski definition) is 7. The number of benzene rings is 1. The lowest BCUT2D eigenvalue weighted by molar-refractivity contribution is -0.385. The summed E-state index contributed by atoms with van der Waals surface area (Å²) in [6.45, 7) is 3.53. The number of nitrogens with one attached hydrogen (secondary N) is 1. The van der Waals surface area contributed by atoms with Crippen LogP contribution < -0.4 is 10.1 Å². The van der Waals surface area contributed by atoms with Gasteiger partial charge in [-0.1, -0.05) is 11.7 Å². The number of nitro groups is 1. The molecule has 10 heteroatoms. The number of amides is 2. The Balaban J connectivity index is 2.22. The van der Waals surface area contributed by atoms with Crippen molar-refractivity contribution in [2.24, 2.45) is 20.4 Å². The van der Waals surface area contributed by atoms with Crippen LogP contribution in [0.1, 0.15) is 5.56 Å². The van der Waals surface area contributed by atoms with Crippen LogP contribution in [0.15, 0.2) is 50.9 Å². The summed E-state index contributed by atoms with van der Waals surface area (Å²) in [6, 6.07) is 3.63. The first-order valence-electron chi connectivity index (χ1n) is 5.86. The first-order valence-corrected chi connectivity index (χ1v) is 5.86. The number of nitrogens with zero attached hydrogens (tertiary/aromatic N) is 5. The summed E-state index contributed by atoms with van der Waals surface area (Å²) in [7, 11) is 1.34. The third kappa shape index (κ3) is 3.36. The Bertz CT molecular complexity index is 737. The van der Waals surface area contributed by atoms with Gasteiger partial charge >= 0.3 is 11.7 Å². The molecule has 112 valence electrons. The van der Waals surface area contributed by atoms with Gasteiger partial charge in [-0.15, -0.1) is 10.2 Å². The Morgan fingerprint density at radius 2 is 2.23 bits per heavy atom. The van der Waals surface area contributed by atoms with Crippen molar-refractivity contribution in [3.05, 3.63) is 46.2 Å². The van der Waals surface area contributed by atoms with Crippen molar-refractivity contribution in [1.29, 1.82) is 0 Å². The molecule has 0 aliphatic carbocycles. The number of urea groups is 1. The Labute approximate surface area is 124 Å². The van der Waals surface area contributed by atoms with Crippen molar-refractivity contribution in [1.82, 2.24) is 5.32 Å². The third-order valence-electron chi connectivity index (χ3n) is 2.52.